The third kappa shape index (κ3) is 3.95. The summed E-state index contributed by atoms with van der Waals surface area (Å²) in [6.07, 6.45) is 2.43. The van der Waals surface area contributed by atoms with Gasteiger partial charge in [-0.05, 0) is 87.2 Å². The van der Waals surface area contributed by atoms with Crippen molar-refractivity contribution in [1.29, 1.82) is 0 Å². The number of hydrogen-bond acceptors (Lipinski definition) is 0. The van der Waals surface area contributed by atoms with Gasteiger partial charge in [-0.1, -0.05) is 35.4 Å². The Morgan fingerprint density at radius 1 is 0.571 bits per heavy atom. The lowest BCUT2D eigenvalue weighted by molar-refractivity contribution is 1.18. The average Bonchev–Trinajstić information content (AvgIpc) is 2.34. The maximum atomic E-state index is 2.31. The second-order valence-corrected chi connectivity index (χ2v) is 7.57. The quantitative estimate of drug-likeness (QED) is 0.615. The highest BCUT2D eigenvalue weighted by Crippen LogP contribution is 2.31. The molecule has 0 heterocycles. The molecular weight excluding hydrogens is 271 g/mol. The van der Waals surface area contributed by atoms with E-state index in [2.05, 4.69) is 65.8 Å². The van der Waals surface area contributed by atoms with Crippen molar-refractivity contribution in [1.82, 2.24) is 0 Å². The molecular formula is C20H27P. The van der Waals surface area contributed by atoms with Gasteiger partial charge in [0.1, 0.15) is 0 Å². The van der Waals surface area contributed by atoms with E-state index in [1.807, 2.05) is 0 Å². The van der Waals surface area contributed by atoms with Crippen molar-refractivity contribution in [3.8, 4) is 0 Å². The molecule has 0 atom stereocenters. The van der Waals surface area contributed by atoms with Crippen LogP contribution in [0.25, 0.3) is 0 Å². The molecule has 0 aliphatic carbocycles. The van der Waals surface area contributed by atoms with E-state index in [1.165, 1.54) is 45.7 Å². The third-order valence-electron chi connectivity index (χ3n) is 4.28. The molecule has 0 saturated carbocycles. The van der Waals surface area contributed by atoms with E-state index >= 15 is 0 Å². The predicted octanol–water partition coefficient (Wildman–Crippen LogP) is 5.92. The van der Waals surface area contributed by atoms with Gasteiger partial charge in [0.2, 0.25) is 0 Å². The molecule has 0 unspecified atom stereocenters. The van der Waals surface area contributed by atoms with Crippen molar-refractivity contribution in [2.24, 2.45) is 0 Å². The molecule has 0 amide bonds. The summed E-state index contributed by atoms with van der Waals surface area (Å²) in [6.45, 7) is 13.4. The van der Waals surface area contributed by atoms with Crippen LogP contribution in [0.3, 0.4) is 0 Å². The molecule has 0 aliphatic rings. The Morgan fingerprint density at radius 2 is 0.857 bits per heavy atom. The summed E-state index contributed by atoms with van der Waals surface area (Å²) in [5.41, 5.74) is 11.7. The van der Waals surface area contributed by atoms with Crippen molar-refractivity contribution in [3.05, 3.63) is 68.8 Å². The Hall–Kier alpha value is -1.13. The van der Waals surface area contributed by atoms with Crippen molar-refractivity contribution < 1.29 is 0 Å². The van der Waals surface area contributed by atoms with Gasteiger partial charge in [0.05, 0.1) is 0 Å². The molecule has 2 aromatic rings. The molecule has 0 N–H and O–H groups in total. The van der Waals surface area contributed by atoms with Crippen molar-refractivity contribution in [2.45, 2.75) is 53.9 Å². The summed E-state index contributed by atoms with van der Waals surface area (Å²) in [6, 6.07) is 9.26. The minimum Gasteiger partial charge on any atom is -0.113 e. The fourth-order valence-electron chi connectivity index (χ4n) is 3.29. The minimum atomic E-state index is 0.966. The number of benzene rings is 2. The Kier molecular flexibility index (Phi) is 5.22. The average molecular weight is 298 g/mol. The van der Waals surface area contributed by atoms with Crippen LogP contribution in [-0.2, 0) is 12.3 Å². The Bertz CT molecular complexity index is 549. The highest BCUT2D eigenvalue weighted by molar-refractivity contribution is 7.36. The SMILES string of the molecule is Cc1cc(C)c(CPCc2c(C)cc(C)cc2C)c(C)c1. The summed E-state index contributed by atoms with van der Waals surface area (Å²) < 4.78 is 0. The van der Waals surface area contributed by atoms with E-state index in [0.29, 0.717) is 0 Å². The molecule has 2 rings (SSSR count). The van der Waals surface area contributed by atoms with E-state index in [0.717, 1.165) is 8.58 Å². The van der Waals surface area contributed by atoms with Gasteiger partial charge in [0, 0.05) is 0 Å². The van der Waals surface area contributed by atoms with E-state index in [4.69, 9.17) is 0 Å². The Balaban J connectivity index is 2.09. The zero-order valence-corrected chi connectivity index (χ0v) is 15.2. The molecule has 21 heavy (non-hydrogen) atoms. The summed E-state index contributed by atoms with van der Waals surface area (Å²) >= 11 is 0. The lowest BCUT2D eigenvalue weighted by Gasteiger charge is -2.14. The topological polar surface area (TPSA) is 0 Å². The highest BCUT2D eigenvalue weighted by Gasteiger charge is 2.07. The van der Waals surface area contributed by atoms with Gasteiger partial charge >= 0.3 is 0 Å². The first-order valence-electron chi connectivity index (χ1n) is 7.72. The molecule has 112 valence electrons. The molecule has 0 aromatic heterocycles. The number of rotatable bonds is 4. The number of hydrogen-bond donors (Lipinski definition) is 0. The second kappa shape index (κ2) is 6.75. The first-order valence-corrected chi connectivity index (χ1v) is 9.14. The summed E-state index contributed by atoms with van der Waals surface area (Å²) in [5.74, 6) is 0. The van der Waals surface area contributed by atoms with Crippen LogP contribution in [0.15, 0.2) is 24.3 Å². The van der Waals surface area contributed by atoms with Crippen molar-refractivity contribution >= 4 is 8.58 Å². The fraction of sp³-hybridized carbons (Fsp3) is 0.400. The largest absolute Gasteiger partial charge is 0.113 e. The summed E-state index contributed by atoms with van der Waals surface area (Å²) in [5, 5.41) is 0. The number of aryl methyl sites for hydroxylation is 6. The normalized spacial score (nSPS) is 11.0. The van der Waals surface area contributed by atoms with Crippen LogP contribution >= 0.6 is 8.58 Å². The van der Waals surface area contributed by atoms with Crippen LogP contribution in [0.5, 0.6) is 0 Å². The molecule has 0 saturated heterocycles. The molecule has 0 aliphatic heterocycles. The molecule has 0 spiro atoms. The Labute approximate surface area is 131 Å². The van der Waals surface area contributed by atoms with Crippen LogP contribution in [0, 0.1) is 41.5 Å². The first kappa shape index (κ1) is 16.2. The second-order valence-electron chi connectivity index (χ2n) is 6.36. The Morgan fingerprint density at radius 3 is 1.14 bits per heavy atom. The van der Waals surface area contributed by atoms with Gasteiger partial charge in [0.15, 0.2) is 0 Å². The third-order valence-corrected chi connectivity index (χ3v) is 5.49. The maximum absolute atomic E-state index is 2.31. The molecule has 2 aromatic carbocycles. The zero-order valence-electron chi connectivity index (χ0n) is 14.2. The monoisotopic (exact) mass is 298 g/mol. The van der Waals surface area contributed by atoms with Crippen LogP contribution in [-0.4, -0.2) is 0 Å². The van der Waals surface area contributed by atoms with Gasteiger partial charge in [-0.15, -0.1) is 8.58 Å². The van der Waals surface area contributed by atoms with Crippen molar-refractivity contribution in [2.75, 3.05) is 0 Å². The minimum absolute atomic E-state index is 0.966. The van der Waals surface area contributed by atoms with Gasteiger partial charge < -0.3 is 0 Å². The van der Waals surface area contributed by atoms with Gasteiger partial charge in [-0.25, -0.2) is 0 Å². The lowest BCUT2D eigenvalue weighted by Crippen LogP contribution is -1.95. The summed E-state index contributed by atoms with van der Waals surface area (Å²) in [7, 11) is 0.966. The zero-order chi connectivity index (χ0) is 15.6. The van der Waals surface area contributed by atoms with Crippen molar-refractivity contribution in [3.63, 3.8) is 0 Å². The van der Waals surface area contributed by atoms with E-state index in [-0.39, 0.29) is 0 Å². The summed E-state index contributed by atoms with van der Waals surface area (Å²) in [4.78, 5) is 0. The van der Waals surface area contributed by atoms with Crippen LogP contribution in [0.4, 0.5) is 0 Å². The van der Waals surface area contributed by atoms with E-state index in [1.54, 1.807) is 11.1 Å². The van der Waals surface area contributed by atoms with E-state index in [9.17, 15) is 0 Å². The first-order chi connectivity index (χ1) is 9.88. The molecule has 0 bridgehead atoms. The van der Waals surface area contributed by atoms with E-state index < -0.39 is 0 Å². The maximum Gasteiger partial charge on any atom is -0.00924 e. The lowest BCUT2D eigenvalue weighted by atomic mass is 10.0. The molecule has 0 radical (unpaired) electrons. The van der Waals surface area contributed by atoms with Gasteiger partial charge in [-0.3, -0.25) is 0 Å². The van der Waals surface area contributed by atoms with Crippen LogP contribution < -0.4 is 0 Å². The molecule has 0 fully saturated rings. The predicted molar refractivity (Wildman–Crippen MR) is 97.0 cm³/mol. The van der Waals surface area contributed by atoms with Gasteiger partial charge in [-0.2, -0.15) is 0 Å². The molecule has 0 nitrogen and oxygen atoms in total. The van der Waals surface area contributed by atoms with Crippen LogP contribution in [0.2, 0.25) is 0 Å². The fourth-order valence-corrected chi connectivity index (χ4v) is 5.03. The standard InChI is InChI=1S/C20H27P/c1-13-7-15(3)19(16(4)8-13)11-21-12-20-17(5)9-14(2)10-18(20)6/h7-10,21H,11-12H2,1-6H3. The van der Waals surface area contributed by atoms with Gasteiger partial charge in [0.25, 0.3) is 0 Å². The van der Waals surface area contributed by atoms with Crippen LogP contribution in [0.1, 0.15) is 44.5 Å². The highest BCUT2D eigenvalue weighted by atomic mass is 31.1. The smallest absolute Gasteiger partial charge is 0.00924 e. The molecule has 1 heteroatoms.